The minimum atomic E-state index is -0.466. The summed E-state index contributed by atoms with van der Waals surface area (Å²) in [7, 11) is 0. The molecule has 0 unspecified atom stereocenters. The molecule has 4 heteroatoms. The van der Waals surface area contributed by atoms with Crippen molar-refractivity contribution in [1.82, 2.24) is 5.32 Å². The summed E-state index contributed by atoms with van der Waals surface area (Å²) in [6.45, 7) is 5.81. The van der Waals surface area contributed by atoms with Crippen LogP contribution < -0.4 is 11.1 Å². The van der Waals surface area contributed by atoms with Crippen LogP contribution in [0.3, 0.4) is 0 Å². The smallest absolute Gasteiger partial charge is 0.411 e. The van der Waals surface area contributed by atoms with Gasteiger partial charge in [-0.15, -0.1) is 0 Å². The van der Waals surface area contributed by atoms with Gasteiger partial charge in [0, 0.05) is 12.7 Å². The van der Waals surface area contributed by atoms with Crippen molar-refractivity contribution in [2.45, 2.75) is 26.4 Å². The van der Waals surface area contributed by atoms with E-state index in [4.69, 9.17) is 10.5 Å². The molecule has 3 N–H and O–H groups in total. The Hall–Kier alpha value is -1.03. The molecule has 70 valence electrons. The first-order valence-electron chi connectivity index (χ1n) is 3.80. The van der Waals surface area contributed by atoms with Gasteiger partial charge in [0.25, 0.3) is 0 Å². The predicted octanol–water partition coefficient (Wildman–Crippen LogP) is 0.983. The van der Waals surface area contributed by atoms with Crippen LogP contribution in [0.4, 0.5) is 4.79 Å². The van der Waals surface area contributed by atoms with Gasteiger partial charge in [-0.05, 0) is 20.8 Å². The summed E-state index contributed by atoms with van der Waals surface area (Å²) in [5.74, 6) is 0. The summed E-state index contributed by atoms with van der Waals surface area (Å²) in [5.41, 5.74) is 4.71. The van der Waals surface area contributed by atoms with Crippen LogP contribution in [0.1, 0.15) is 20.8 Å². The van der Waals surface area contributed by atoms with E-state index < -0.39 is 11.7 Å². The minimum absolute atomic E-state index is 0.399. The number of hydrogen-bond donors (Lipinski definition) is 2. The Balaban J connectivity index is 3.68. The van der Waals surface area contributed by atoms with Crippen molar-refractivity contribution in [1.29, 1.82) is 0 Å². The lowest BCUT2D eigenvalue weighted by Gasteiger charge is -2.18. The van der Waals surface area contributed by atoms with Crippen molar-refractivity contribution < 1.29 is 9.53 Å². The number of nitrogens with two attached hydrogens (primary N) is 1. The molecule has 0 saturated carbocycles. The molecule has 0 saturated heterocycles. The fraction of sp³-hybridized carbons (Fsp3) is 0.625. The van der Waals surface area contributed by atoms with Gasteiger partial charge in [-0.1, -0.05) is 6.08 Å². The van der Waals surface area contributed by atoms with E-state index in [0.717, 1.165) is 0 Å². The molecule has 0 fully saturated rings. The molecule has 0 aliphatic rings. The normalized spacial score (nSPS) is 11.7. The molecular formula is C8H16N2O2. The van der Waals surface area contributed by atoms with Crippen LogP contribution in [0.25, 0.3) is 0 Å². The van der Waals surface area contributed by atoms with E-state index in [0.29, 0.717) is 6.54 Å². The van der Waals surface area contributed by atoms with Gasteiger partial charge < -0.3 is 10.5 Å². The highest BCUT2D eigenvalue weighted by atomic mass is 16.6. The van der Waals surface area contributed by atoms with Crippen LogP contribution >= 0.6 is 0 Å². The van der Waals surface area contributed by atoms with Gasteiger partial charge in [0.05, 0.1) is 0 Å². The molecule has 0 bridgehead atoms. The molecular weight excluding hydrogens is 156 g/mol. The number of nitrogens with one attached hydrogen (secondary N) is 1. The van der Waals surface area contributed by atoms with Gasteiger partial charge >= 0.3 is 6.09 Å². The van der Waals surface area contributed by atoms with Gasteiger partial charge in [-0.25, -0.2) is 4.79 Å². The van der Waals surface area contributed by atoms with Crippen molar-refractivity contribution in [2.24, 2.45) is 5.73 Å². The van der Waals surface area contributed by atoms with E-state index in [-0.39, 0.29) is 0 Å². The van der Waals surface area contributed by atoms with Crippen LogP contribution in [0, 0.1) is 0 Å². The lowest BCUT2D eigenvalue weighted by molar-refractivity contribution is 0.0552. The van der Waals surface area contributed by atoms with Crippen molar-refractivity contribution in [2.75, 3.05) is 6.54 Å². The van der Waals surface area contributed by atoms with E-state index in [1.807, 2.05) is 0 Å². The second-order valence-electron chi connectivity index (χ2n) is 3.28. The third-order valence-corrected chi connectivity index (χ3v) is 0.854. The summed E-state index contributed by atoms with van der Waals surface area (Å²) in [6, 6.07) is 0. The molecule has 0 spiro atoms. The molecule has 0 radical (unpaired) electrons. The van der Waals surface area contributed by atoms with Crippen molar-refractivity contribution in [3.05, 3.63) is 12.3 Å². The molecule has 4 nitrogen and oxygen atoms in total. The lowest BCUT2D eigenvalue weighted by Crippen LogP contribution is -2.29. The van der Waals surface area contributed by atoms with Crippen LogP contribution in [0.15, 0.2) is 12.3 Å². The number of alkyl carbamates (subject to hydrolysis) is 1. The zero-order valence-electron chi connectivity index (χ0n) is 7.76. The molecule has 0 heterocycles. The minimum Gasteiger partial charge on any atom is -0.444 e. The fourth-order valence-electron chi connectivity index (χ4n) is 0.503. The van der Waals surface area contributed by atoms with E-state index >= 15 is 0 Å². The highest BCUT2D eigenvalue weighted by molar-refractivity contribution is 5.68. The number of carbonyl (C=O) groups excluding carboxylic acids is 1. The summed E-state index contributed by atoms with van der Waals surface area (Å²) in [5, 5.41) is 2.42. The molecule has 1 amide bonds. The molecule has 0 aromatic carbocycles. The van der Waals surface area contributed by atoms with E-state index in [9.17, 15) is 4.79 Å². The average Bonchev–Trinajstić information content (AvgIpc) is 1.84. The lowest BCUT2D eigenvalue weighted by atomic mass is 10.2. The Labute approximate surface area is 72.8 Å². The van der Waals surface area contributed by atoms with Gasteiger partial charge in [0.2, 0.25) is 0 Å². The quantitative estimate of drug-likeness (QED) is 0.652. The Morgan fingerprint density at radius 1 is 1.58 bits per heavy atom. The second kappa shape index (κ2) is 4.77. The highest BCUT2D eigenvalue weighted by Gasteiger charge is 2.14. The zero-order chi connectivity index (χ0) is 9.61. The number of carbonyl (C=O) groups is 1. The van der Waals surface area contributed by atoms with Gasteiger partial charge in [-0.2, -0.15) is 0 Å². The summed E-state index contributed by atoms with van der Waals surface area (Å²) in [6.07, 6.45) is 2.63. The molecule has 0 rings (SSSR count). The number of ether oxygens (including phenoxy) is 1. The Morgan fingerprint density at radius 3 is 2.58 bits per heavy atom. The van der Waals surface area contributed by atoms with Gasteiger partial charge in [-0.3, -0.25) is 5.32 Å². The van der Waals surface area contributed by atoms with Gasteiger partial charge in [0.1, 0.15) is 5.60 Å². The van der Waals surface area contributed by atoms with E-state index in [1.165, 1.54) is 6.20 Å². The maximum atomic E-state index is 10.9. The Kier molecular flexibility index (Phi) is 4.36. The number of amides is 1. The number of hydrogen-bond acceptors (Lipinski definition) is 3. The van der Waals surface area contributed by atoms with Crippen molar-refractivity contribution >= 4 is 6.09 Å². The first-order valence-corrected chi connectivity index (χ1v) is 3.80. The third-order valence-electron chi connectivity index (χ3n) is 0.854. The van der Waals surface area contributed by atoms with Crippen molar-refractivity contribution in [3.63, 3.8) is 0 Å². The molecule has 0 aromatic heterocycles. The van der Waals surface area contributed by atoms with Crippen LogP contribution in [0.5, 0.6) is 0 Å². The third kappa shape index (κ3) is 7.08. The SMILES string of the molecule is CC(C)(C)OC(=O)N/C=C/CN. The Bertz CT molecular complexity index is 170. The summed E-state index contributed by atoms with van der Waals surface area (Å²) < 4.78 is 4.94. The van der Waals surface area contributed by atoms with Crippen LogP contribution in [-0.4, -0.2) is 18.2 Å². The van der Waals surface area contributed by atoms with Crippen LogP contribution in [0.2, 0.25) is 0 Å². The zero-order valence-corrected chi connectivity index (χ0v) is 7.76. The van der Waals surface area contributed by atoms with E-state index in [2.05, 4.69) is 5.32 Å². The first-order chi connectivity index (χ1) is 5.45. The van der Waals surface area contributed by atoms with Gasteiger partial charge in [0.15, 0.2) is 0 Å². The maximum absolute atomic E-state index is 10.9. The van der Waals surface area contributed by atoms with Crippen molar-refractivity contribution in [3.8, 4) is 0 Å². The second-order valence-corrected chi connectivity index (χ2v) is 3.28. The average molecular weight is 172 g/mol. The monoisotopic (exact) mass is 172 g/mol. The maximum Gasteiger partial charge on any atom is 0.411 e. The van der Waals surface area contributed by atoms with E-state index in [1.54, 1.807) is 26.8 Å². The fourth-order valence-corrected chi connectivity index (χ4v) is 0.503. The largest absolute Gasteiger partial charge is 0.444 e. The summed E-state index contributed by atoms with van der Waals surface area (Å²) >= 11 is 0. The molecule has 0 aliphatic heterocycles. The molecule has 0 aromatic rings. The molecule has 12 heavy (non-hydrogen) atoms. The number of rotatable bonds is 2. The topological polar surface area (TPSA) is 64.3 Å². The first kappa shape index (κ1) is 11.0. The highest BCUT2D eigenvalue weighted by Crippen LogP contribution is 2.05. The van der Waals surface area contributed by atoms with Crippen LogP contribution in [-0.2, 0) is 4.74 Å². The summed E-state index contributed by atoms with van der Waals surface area (Å²) in [4.78, 5) is 10.9. The molecule has 0 atom stereocenters. The predicted molar refractivity (Wildman–Crippen MR) is 47.6 cm³/mol. The molecule has 0 aliphatic carbocycles. The Morgan fingerprint density at radius 2 is 2.17 bits per heavy atom. The standard InChI is InChI=1S/C8H16N2O2/c1-8(2,3)12-7(11)10-6-4-5-9/h4,6H,5,9H2,1-3H3,(H,10,11)/b6-4+.